The van der Waals surface area contributed by atoms with Gasteiger partial charge in [-0.2, -0.15) is 0 Å². The first kappa shape index (κ1) is 11.9. The molecule has 1 aliphatic carbocycles. The minimum absolute atomic E-state index is 0.555. The Balaban J connectivity index is 1.96. The van der Waals surface area contributed by atoms with Crippen molar-refractivity contribution in [3.05, 3.63) is 22.9 Å². The number of anilines is 1. The molecule has 0 spiro atoms. The molecule has 1 aromatic rings. The summed E-state index contributed by atoms with van der Waals surface area (Å²) in [5.74, 6) is 0.828. The summed E-state index contributed by atoms with van der Waals surface area (Å²) < 4.78 is 1.05. The van der Waals surface area contributed by atoms with Gasteiger partial charge in [-0.3, -0.25) is 4.98 Å². The van der Waals surface area contributed by atoms with Crippen molar-refractivity contribution in [2.45, 2.75) is 45.1 Å². The molecule has 1 aliphatic rings. The van der Waals surface area contributed by atoms with Crippen LogP contribution in [-0.2, 0) is 0 Å². The van der Waals surface area contributed by atoms with Crippen molar-refractivity contribution in [1.29, 1.82) is 0 Å². The van der Waals surface area contributed by atoms with E-state index in [9.17, 15) is 0 Å². The van der Waals surface area contributed by atoms with Crippen LogP contribution in [0.2, 0.25) is 0 Å². The number of hydrogen-bond donors (Lipinski definition) is 1. The third kappa shape index (κ3) is 2.97. The summed E-state index contributed by atoms with van der Waals surface area (Å²) in [6, 6.07) is 2.59. The van der Waals surface area contributed by atoms with E-state index in [2.05, 4.69) is 33.2 Å². The summed E-state index contributed by atoms with van der Waals surface area (Å²) in [6.07, 6.45) is 10.6. The quantitative estimate of drug-likeness (QED) is 0.898. The molecular weight excluding hydrogens is 264 g/mol. The molecule has 1 heterocycles. The Hall–Kier alpha value is -0.570. The maximum Gasteiger partial charge on any atom is 0.0590 e. The Morgan fingerprint density at radius 1 is 1.38 bits per heavy atom. The van der Waals surface area contributed by atoms with E-state index in [0.717, 1.165) is 16.1 Å². The van der Waals surface area contributed by atoms with E-state index < -0.39 is 0 Å². The number of rotatable bonds is 3. The summed E-state index contributed by atoms with van der Waals surface area (Å²) in [4.78, 5) is 4.08. The second kappa shape index (κ2) is 5.67. The van der Waals surface area contributed by atoms with Gasteiger partial charge in [0.2, 0.25) is 0 Å². The summed E-state index contributed by atoms with van der Waals surface area (Å²) >= 11 is 3.52. The van der Waals surface area contributed by atoms with Crippen LogP contribution >= 0.6 is 15.9 Å². The van der Waals surface area contributed by atoms with Gasteiger partial charge in [0, 0.05) is 18.4 Å². The molecule has 0 amide bonds. The highest BCUT2D eigenvalue weighted by molar-refractivity contribution is 9.10. The van der Waals surface area contributed by atoms with E-state index in [-0.39, 0.29) is 0 Å². The van der Waals surface area contributed by atoms with Crippen LogP contribution in [0.5, 0.6) is 0 Å². The van der Waals surface area contributed by atoms with Crippen LogP contribution in [0, 0.1) is 5.92 Å². The van der Waals surface area contributed by atoms with Crippen LogP contribution < -0.4 is 5.32 Å². The predicted octanol–water partition coefficient (Wildman–Crippen LogP) is 4.22. The lowest BCUT2D eigenvalue weighted by molar-refractivity contribution is 0.328. The Morgan fingerprint density at radius 2 is 2.12 bits per heavy atom. The number of hydrogen-bond acceptors (Lipinski definition) is 2. The average molecular weight is 283 g/mol. The zero-order valence-electron chi connectivity index (χ0n) is 9.75. The van der Waals surface area contributed by atoms with Crippen LogP contribution in [0.1, 0.15) is 39.0 Å². The molecule has 1 atom stereocenters. The first-order valence-corrected chi connectivity index (χ1v) is 6.92. The van der Waals surface area contributed by atoms with Crippen molar-refractivity contribution in [2.75, 3.05) is 5.32 Å². The van der Waals surface area contributed by atoms with Gasteiger partial charge in [-0.1, -0.05) is 19.3 Å². The van der Waals surface area contributed by atoms with Gasteiger partial charge in [0.05, 0.1) is 10.2 Å². The minimum atomic E-state index is 0.555. The van der Waals surface area contributed by atoms with Gasteiger partial charge in [0.15, 0.2) is 0 Å². The Morgan fingerprint density at radius 3 is 2.81 bits per heavy atom. The molecule has 1 fully saturated rings. The van der Waals surface area contributed by atoms with Crippen LogP contribution in [0.3, 0.4) is 0 Å². The van der Waals surface area contributed by atoms with Gasteiger partial charge in [-0.25, -0.2) is 0 Å². The molecular formula is C13H19BrN2. The summed E-state index contributed by atoms with van der Waals surface area (Å²) in [7, 11) is 0. The lowest BCUT2D eigenvalue weighted by atomic mass is 9.84. The van der Waals surface area contributed by atoms with Gasteiger partial charge in [-0.05, 0) is 47.7 Å². The van der Waals surface area contributed by atoms with Crippen LogP contribution in [0.25, 0.3) is 0 Å². The van der Waals surface area contributed by atoms with Crippen LogP contribution in [0.4, 0.5) is 5.69 Å². The van der Waals surface area contributed by atoms with E-state index in [4.69, 9.17) is 0 Å². The first-order chi connectivity index (χ1) is 7.77. The zero-order valence-corrected chi connectivity index (χ0v) is 11.3. The Labute approximate surface area is 106 Å². The number of aromatic nitrogens is 1. The summed E-state index contributed by atoms with van der Waals surface area (Å²) in [5, 5.41) is 3.59. The van der Waals surface area contributed by atoms with Gasteiger partial charge >= 0.3 is 0 Å². The van der Waals surface area contributed by atoms with Gasteiger partial charge in [-0.15, -0.1) is 0 Å². The van der Waals surface area contributed by atoms with Crippen molar-refractivity contribution in [3.63, 3.8) is 0 Å². The third-order valence-electron chi connectivity index (χ3n) is 3.51. The van der Waals surface area contributed by atoms with E-state index in [1.807, 2.05) is 18.5 Å². The van der Waals surface area contributed by atoms with Gasteiger partial charge in [0.25, 0.3) is 0 Å². The molecule has 0 aromatic carbocycles. The lowest BCUT2D eigenvalue weighted by Crippen LogP contribution is -2.27. The Kier molecular flexibility index (Phi) is 4.22. The van der Waals surface area contributed by atoms with Gasteiger partial charge < -0.3 is 5.32 Å². The van der Waals surface area contributed by atoms with E-state index in [1.165, 1.54) is 32.1 Å². The topological polar surface area (TPSA) is 24.9 Å². The smallest absolute Gasteiger partial charge is 0.0590 e. The fourth-order valence-electron chi connectivity index (χ4n) is 2.49. The molecule has 1 saturated carbocycles. The maximum absolute atomic E-state index is 4.08. The average Bonchev–Trinajstić information content (AvgIpc) is 2.33. The molecule has 0 aliphatic heterocycles. The summed E-state index contributed by atoms with van der Waals surface area (Å²) in [5.41, 5.74) is 1.16. The highest BCUT2D eigenvalue weighted by Crippen LogP contribution is 2.29. The Bertz CT molecular complexity index is 334. The minimum Gasteiger partial charge on any atom is -0.381 e. The van der Waals surface area contributed by atoms with E-state index in [0.29, 0.717) is 6.04 Å². The van der Waals surface area contributed by atoms with Crippen molar-refractivity contribution in [1.82, 2.24) is 4.98 Å². The number of nitrogens with zero attached hydrogens (tertiary/aromatic N) is 1. The molecule has 1 N–H and O–H groups in total. The zero-order chi connectivity index (χ0) is 11.4. The van der Waals surface area contributed by atoms with Gasteiger partial charge in [0.1, 0.15) is 0 Å². The molecule has 3 heteroatoms. The molecule has 0 radical (unpaired) electrons. The molecule has 0 saturated heterocycles. The lowest BCUT2D eigenvalue weighted by Gasteiger charge is -2.29. The molecule has 16 heavy (non-hydrogen) atoms. The predicted molar refractivity (Wildman–Crippen MR) is 71.6 cm³/mol. The molecule has 2 rings (SSSR count). The number of pyridine rings is 1. The molecule has 1 unspecified atom stereocenters. The van der Waals surface area contributed by atoms with E-state index >= 15 is 0 Å². The highest BCUT2D eigenvalue weighted by Gasteiger charge is 2.20. The fraction of sp³-hybridized carbons (Fsp3) is 0.615. The fourth-order valence-corrected chi connectivity index (χ4v) is 2.85. The molecule has 88 valence electrons. The second-order valence-corrected chi connectivity index (χ2v) is 5.54. The SMILES string of the molecule is CC(Nc1ccncc1Br)C1CCCCC1. The van der Waals surface area contributed by atoms with Crippen molar-refractivity contribution in [3.8, 4) is 0 Å². The highest BCUT2D eigenvalue weighted by atomic mass is 79.9. The monoisotopic (exact) mass is 282 g/mol. The van der Waals surface area contributed by atoms with E-state index in [1.54, 1.807) is 0 Å². The second-order valence-electron chi connectivity index (χ2n) is 4.69. The van der Waals surface area contributed by atoms with Crippen LogP contribution in [0.15, 0.2) is 22.9 Å². The summed E-state index contributed by atoms with van der Waals surface area (Å²) in [6.45, 7) is 2.29. The third-order valence-corrected chi connectivity index (χ3v) is 4.14. The first-order valence-electron chi connectivity index (χ1n) is 6.13. The molecule has 2 nitrogen and oxygen atoms in total. The molecule has 1 aromatic heterocycles. The largest absolute Gasteiger partial charge is 0.381 e. The molecule has 0 bridgehead atoms. The number of nitrogens with one attached hydrogen (secondary N) is 1. The van der Waals surface area contributed by atoms with Crippen molar-refractivity contribution in [2.24, 2.45) is 5.92 Å². The van der Waals surface area contributed by atoms with Crippen LogP contribution in [-0.4, -0.2) is 11.0 Å². The normalized spacial score (nSPS) is 19.4. The van der Waals surface area contributed by atoms with Crippen molar-refractivity contribution >= 4 is 21.6 Å². The maximum atomic E-state index is 4.08. The number of halogens is 1. The van der Waals surface area contributed by atoms with Crippen molar-refractivity contribution < 1.29 is 0 Å². The standard InChI is InChI=1S/C13H19BrN2/c1-10(11-5-3-2-4-6-11)16-13-7-8-15-9-12(13)14/h7-11H,2-6H2,1H3,(H,15,16).